The van der Waals surface area contributed by atoms with Gasteiger partial charge in [0.25, 0.3) is 0 Å². The van der Waals surface area contributed by atoms with Crippen LogP contribution >= 0.6 is 22.9 Å². The molecule has 0 aliphatic carbocycles. The number of amides is 1. The largest absolute Gasteiger partial charge is 0.353 e. The summed E-state index contributed by atoms with van der Waals surface area (Å²) in [6.07, 6.45) is 0. The number of halogens is 1. The van der Waals surface area contributed by atoms with E-state index in [4.69, 9.17) is 11.6 Å². The molecule has 17 heavy (non-hydrogen) atoms. The molecule has 0 radical (unpaired) electrons. The third-order valence-electron chi connectivity index (χ3n) is 2.29. The molecule has 0 unspecified atom stereocenters. The minimum absolute atomic E-state index is 0.0414. The fourth-order valence-corrected chi connectivity index (χ4v) is 2.53. The van der Waals surface area contributed by atoms with Crippen LogP contribution in [-0.2, 0) is 11.3 Å². The fraction of sp³-hybridized carbons (Fsp3) is 0.273. The van der Waals surface area contributed by atoms with Crippen LogP contribution in [0.3, 0.4) is 0 Å². The number of aromatic nitrogens is 1. The lowest BCUT2D eigenvalue weighted by Gasteiger charge is -2.04. The lowest BCUT2D eigenvalue weighted by molar-refractivity contribution is -0.121. The van der Waals surface area contributed by atoms with E-state index in [2.05, 4.69) is 5.32 Å². The lowest BCUT2D eigenvalue weighted by atomic mass is 10.3. The highest BCUT2D eigenvalue weighted by Crippen LogP contribution is 2.15. The summed E-state index contributed by atoms with van der Waals surface area (Å²) >= 11 is 6.62. The molecule has 0 atom stereocenters. The summed E-state index contributed by atoms with van der Waals surface area (Å²) in [6, 6.07) is 7.43. The normalized spacial score (nSPS) is 10.6. The van der Waals surface area contributed by atoms with Crippen molar-refractivity contribution in [2.24, 2.45) is 0 Å². The molecule has 0 saturated carbocycles. The van der Waals surface area contributed by atoms with Gasteiger partial charge in [0.05, 0.1) is 10.2 Å². The second kappa shape index (κ2) is 5.33. The van der Waals surface area contributed by atoms with E-state index in [0.29, 0.717) is 12.4 Å². The number of benzene rings is 1. The summed E-state index contributed by atoms with van der Waals surface area (Å²) in [6.45, 7) is 0.455. The molecule has 2 rings (SSSR count). The smallest absolute Gasteiger partial charge is 0.308 e. The molecule has 0 aliphatic heterocycles. The molecule has 6 heteroatoms. The number of alkyl halides is 1. The van der Waals surface area contributed by atoms with Crippen molar-refractivity contribution in [2.75, 3.05) is 12.4 Å². The molecule has 1 amide bonds. The van der Waals surface area contributed by atoms with Crippen LogP contribution < -0.4 is 10.2 Å². The maximum Gasteiger partial charge on any atom is 0.308 e. The molecule has 1 aromatic heterocycles. The van der Waals surface area contributed by atoms with Crippen LogP contribution in [-0.4, -0.2) is 22.9 Å². The first-order valence-electron chi connectivity index (χ1n) is 5.13. The summed E-state index contributed by atoms with van der Waals surface area (Å²) < 4.78 is 2.37. The van der Waals surface area contributed by atoms with Crippen molar-refractivity contribution in [2.45, 2.75) is 6.54 Å². The Morgan fingerprint density at radius 2 is 2.18 bits per heavy atom. The number of thiazole rings is 1. The van der Waals surface area contributed by atoms with E-state index in [0.717, 1.165) is 21.6 Å². The number of hydrogen-bond acceptors (Lipinski definition) is 3. The minimum atomic E-state index is -0.198. The summed E-state index contributed by atoms with van der Waals surface area (Å²) in [4.78, 5) is 23.1. The minimum Gasteiger partial charge on any atom is -0.353 e. The lowest BCUT2D eigenvalue weighted by Crippen LogP contribution is -2.31. The van der Waals surface area contributed by atoms with Crippen molar-refractivity contribution in [1.82, 2.24) is 9.88 Å². The standard InChI is InChI=1S/C11H11ClN2O2S/c12-5-6-13-10(15)7-14-8-3-1-2-4-9(8)17-11(14)16/h1-4H,5-7H2,(H,13,15). The monoisotopic (exact) mass is 270 g/mol. The van der Waals surface area contributed by atoms with Crippen molar-refractivity contribution in [3.63, 3.8) is 0 Å². The Morgan fingerprint density at radius 3 is 2.94 bits per heavy atom. The number of hydrogen-bond donors (Lipinski definition) is 1. The van der Waals surface area contributed by atoms with Gasteiger partial charge in [-0.05, 0) is 12.1 Å². The molecule has 4 nitrogen and oxygen atoms in total. The third kappa shape index (κ3) is 2.68. The predicted molar refractivity (Wildman–Crippen MR) is 69.8 cm³/mol. The summed E-state index contributed by atoms with van der Waals surface area (Å²) in [7, 11) is 0. The molecule has 0 saturated heterocycles. The average Bonchev–Trinajstić information content (AvgIpc) is 2.64. The van der Waals surface area contributed by atoms with Gasteiger partial charge in [0.2, 0.25) is 5.91 Å². The number of nitrogens with one attached hydrogen (secondary N) is 1. The van der Waals surface area contributed by atoms with E-state index < -0.39 is 0 Å². The Labute approximate surface area is 107 Å². The molecule has 0 fully saturated rings. The Kier molecular flexibility index (Phi) is 3.81. The average molecular weight is 271 g/mol. The van der Waals surface area contributed by atoms with E-state index in [9.17, 15) is 9.59 Å². The van der Waals surface area contributed by atoms with Gasteiger partial charge in [-0.2, -0.15) is 0 Å². The number of carbonyl (C=O) groups is 1. The molecule has 0 aliphatic rings. The van der Waals surface area contributed by atoms with E-state index in [1.165, 1.54) is 4.57 Å². The first-order valence-corrected chi connectivity index (χ1v) is 6.48. The number of nitrogens with zero attached hydrogens (tertiary/aromatic N) is 1. The van der Waals surface area contributed by atoms with Gasteiger partial charge in [0.1, 0.15) is 6.54 Å². The SMILES string of the molecule is O=C(Cn1c(=O)sc2ccccc21)NCCCl. The van der Waals surface area contributed by atoms with Crippen LogP contribution in [0, 0.1) is 0 Å². The maximum absolute atomic E-state index is 11.7. The van der Waals surface area contributed by atoms with Gasteiger partial charge >= 0.3 is 4.87 Å². The molecule has 1 N–H and O–H groups in total. The van der Waals surface area contributed by atoms with Gasteiger partial charge in [0, 0.05) is 12.4 Å². The van der Waals surface area contributed by atoms with Gasteiger partial charge in [-0.15, -0.1) is 11.6 Å². The zero-order chi connectivity index (χ0) is 12.3. The zero-order valence-electron chi connectivity index (χ0n) is 8.98. The van der Waals surface area contributed by atoms with Gasteiger partial charge in [-0.1, -0.05) is 23.5 Å². The second-order valence-corrected chi connectivity index (χ2v) is 4.83. The van der Waals surface area contributed by atoms with Crippen LogP contribution in [0.1, 0.15) is 0 Å². The van der Waals surface area contributed by atoms with Gasteiger partial charge in [0.15, 0.2) is 0 Å². The highest BCUT2D eigenvalue weighted by molar-refractivity contribution is 7.16. The van der Waals surface area contributed by atoms with Crippen molar-refractivity contribution in [1.29, 1.82) is 0 Å². The van der Waals surface area contributed by atoms with E-state index in [1.54, 1.807) is 0 Å². The second-order valence-electron chi connectivity index (χ2n) is 3.46. The fourth-order valence-electron chi connectivity index (χ4n) is 1.55. The number of carbonyl (C=O) groups excluding carboxylic acids is 1. The van der Waals surface area contributed by atoms with Crippen molar-refractivity contribution >= 4 is 39.1 Å². The Bertz CT molecular complexity index is 590. The maximum atomic E-state index is 11.7. The summed E-state index contributed by atoms with van der Waals surface area (Å²) in [5.74, 6) is 0.168. The van der Waals surface area contributed by atoms with E-state index in [1.807, 2.05) is 24.3 Å². The first-order chi connectivity index (χ1) is 8.22. The first kappa shape index (κ1) is 12.1. The summed E-state index contributed by atoms with van der Waals surface area (Å²) in [5, 5.41) is 2.64. The highest BCUT2D eigenvalue weighted by Gasteiger charge is 2.09. The topological polar surface area (TPSA) is 51.1 Å². The molecule has 2 aromatic rings. The molecule has 1 aromatic carbocycles. The highest BCUT2D eigenvalue weighted by atomic mass is 35.5. The van der Waals surface area contributed by atoms with Gasteiger partial charge < -0.3 is 5.32 Å². The van der Waals surface area contributed by atoms with Crippen molar-refractivity contribution in [3.8, 4) is 0 Å². The number of para-hydroxylation sites is 1. The number of fused-ring (bicyclic) bond motifs is 1. The van der Waals surface area contributed by atoms with Gasteiger partial charge in [-0.25, -0.2) is 0 Å². The Balaban J connectivity index is 2.26. The zero-order valence-corrected chi connectivity index (χ0v) is 10.6. The molecule has 90 valence electrons. The molecular formula is C11H11ClN2O2S. The van der Waals surface area contributed by atoms with Crippen molar-refractivity contribution < 1.29 is 4.79 Å². The molecule has 1 heterocycles. The van der Waals surface area contributed by atoms with Gasteiger partial charge in [-0.3, -0.25) is 14.2 Å². The van der Waals surface area contributed by atoms with Crippen LogP contribution in [0.2, 0.25) is 0 Å². The predicted octanol–water partition coefficient (Wildman–Crippen LogP) is 1.42. The number of rotatable bonds is 4. The molecule has 0 bridgehead atoms. The Morgan fingerprint density at radius 1 is 1.41 bits per heavy atom. The van der Waals surface area contributed by atoms with Crippen molar-refractivity contribution in [3.05, 3.63) is 33.9 Å². The van der Waals surface area contributed by atoms with Crippen LogP contribution in [0.4, 0.5) is 0 Å². The quantitative estimate of drug-likeness (QED) is 0.855. The van der Waals surface area contributed by atoms with Crippen LogP contribution in [0.5, 0.6) is 0 Å². The van der Waals surface area contributed by atoms with E-state index >= 15 is 0 Å². The van der Waals surface area contributed by atoms with Crippen LogP contribution in [0.15, 0.2) is 29.1 Å². The van der Waals surface area contributed by atoms with E-state index in [-0.39, 0.29) is 17.3 Å². The van der Waals surface area contributed by atoms with Crippen LogP contribution in [0.25, 0.3) is 10.2 Å². The Hall–Kier alpha value is -1.33. The third-order valence-corrected chi connectivity index (χ3v) is 3.44. The summed E-state index contributed by atoms with van der Waals surface area (Å²) in [5.41, 5.74) is 0.795. The molecular weight excluding hydrogens is 260 g/mol. The molecule has 0 spiro atoms.